The summed E-state index contributed by atoms with van der Waals surface area (Å²) in [6, 6.07) is 7.83. The van der Waals surface area contributed by atoms with Gasteiger partial charge in [0.2, 0.25) is 11.8 Å². The summed E-state index contributed by atoms with van der Waals surface area (Å²) >= 11 is 0. The number of hydrogen-bond acceptors (Lipinski definition) is 6. The monoisotopic (exact) mass is 483 g/mol. The zero-order valence-corrected chi connectivity index (χ0v) is 19.8. The fraction of sp³-hybridized carbons (Fsp3) is 0.480. The third kappa shape index (κ3) is 8.24. The highest BCUT2D eigenvalue weighted by Gasteiger charge is 2.37. The molecule has 1 fully saturated rings. The van der Waals surface area contributed by atoms with Crippen LogP contribution in [0.1, 0.15) is 56.2 Å². The summed E-state index contributed by atoms with van der Waals surface area (Å²) in [6.45, 7) is 0.533. The summed E-state index contributed by atoms with van der Waals surface area (Å²) in [6.07, 6.45) is 6.62. The van der Waals surface area contributed by atoms with Crippen molar-refractivity contribution in [3.05, 3.63) is 54.1 Å². The summed E-state index contributed by atoms with van der Waals surface area (Å²) in [5.41, 5.74) is 6.60. The first-order valence-corrected chi connectivity index (χ1v) is 12.0. The number of H-pyrrole nitrogens is 1. The number of ketones is 1. The lowest BCUT2D eigenvalue weighted by atomic mass is 10.0. The van der Waals surface area contributed by atoms with Crippen LogP contribution < -0.4 is 11.1 Å². The highest BCUT2D eigenvalue weighted by atomic mass is 16.5. The molecule has 2 aromatic rings. The van der Waals surface area contributed by atoms with Crippen molar-refractivity contribution < 1.29 is 23.9 Å². The van der Waals surface area contributed by atoms with Crippen LogP contribution in [0.25, 0.3) is 0 Å². The third-order valence-electron chi connectivity index (χ3n) is 6.02. The first-order chi connectivity index (χ1) is 16.9. The van der Waals surface area contributed by atoms with Crippen LogP contribution in [0.2, 0.25) is 0 Å². The summed E-state index contributed by atoms with van der Waals surface area (Å²) < 4.78 is 5.31. The highest BCUT2D eigenvalue weighted by molar-refractivity contribution is 5.92. The maximum atomic E-state index is 13.5. The first-order valence-electron chi connectivity index (χ1n) is 12.0. The van der Waals surface area contributed by atoms with E-state index in [0.717, 1.165) is 18.4 Å². The maximum Gasteiger partial charge on any atom is 0.408 e. The number of carbonyl (C=O) groups is 4. The number of primary amides is 1. The van der Waals surface area contributed by atoms with Gasteiger partial charge < -0.3 is 25.7 Å². The smallest absolute Gasteiger partial charge is 0.408 e. The number of unbranched alkanes of at least 4 members (excludes halogenated alkanes) is 2. The molecule has 1 aromatic carbocycles. The molecule has 0 aliphatic carbocycles. The molecular formula is C25H33N5O5. The van der Waals surface area contributed by atoms with Gasteiger partial charge in [-0.15, -0.1) is 0 Å². The quantitative estimate of drug-likeness (QED) is 0.372. The average molecular weight is 484 g/mol. The van der Waals surface area contributed by atoms with E-state index in [0.29, 0.717) is 44.3 Å². The molecule has 35 heavy (non-hydrogen) atoms. The van der Waals surface area contributed by atoms with Crippen LogP contribution in [-0.4, -0.2) is 57.2 Å². The van der Waals surface area contributed by atoms with Crippen molar-refractivity contribution in [1.29, 1.82) is 0 Å². The van der Waals surface area contributed by atoms with Gasteiger partial charge in [-0.05, 0) is 31.2 Å². The molecule has 0 bridgehead atoms. The number of ether oxygens (including phenoxy) is 1. The number of nitrogens with zero attached hydrogens (tertiary/aromatic N) is 2. The fourth-order valence-corrected chi connectivity index (χ4v) is 4.23. The number of hydrogen-bond donors (Lipinski definition) is 3. The molecule has 0 spiro atoms. The number of nitrogens with one attached hydrogen (secondary N) is 2. The second-order valence-corrected chi connectivity index (χ2v) is 8.71. The fourth-order valence-electron chi connectivity index (χ4n) is 4.23. The van der Waals surface area contributed by atoms with Crippen molar-refractivity contribution in [2.75, 3.05) is 6.54 Å². The molecule has 3 amide bonds. The van der Waals surface area contributed by atoms with Gasteiger partial charge >= 0.3 is 6.09 Å². The van der Waals surface area contributed by atoms with Crippen LogP contribution in [0, 0.1) is 0 Å². The lowest BCUT2D eigenvalue weighted by Gasteiger charge is -2.28. The standard InChI is InChI=1S/C25H33N5O5/c26-23(32)12-6-2-5-11-22(31)21-10-7-13-30(21)24(33)20(14-19-15-27-17-28-19)29-25(34)35-16-18-8-3-1-4-9-18/h1,3-4,8-9,15,17,20-21H,2,5-7,10-14,16H2,(H2,26,32)(H,27,28)(H,29,34)/t20-,21-/m0/s1. The van der Waals surface area contributed by atoms with Crippen molar-refractivity contribution >= 4 is 23.7 Å². The van der Waals surface area contributed by atoms with Gasteiger partial charge in [-0.1, -0.05) is 36.8 Å². The van der Waals surface area contributed by atoms with E-state index in [1.807, 2.05) is 30.3 Å². The van der Waals surface area contributed by atoms with Crippen LogP contribution in [0.15, 0.2) is 42.9 Å². The molecule has 10 nitrogen and oxygen atoms in total. The van der Waals surface area contributed by atoms with Crippen LogP contribution in [0.4, 0.5) is 4.79 Å². The Balaban J connectivity index is 1.59. The predicted octanol–water partition coefficient (Wildman–Crippen LogP) is 2.24. The Labute approximate surface area is 204 Å². The zero-order chi connectivity index (χ0) is 25.0. The van der Waals surface area contributed by atoms with Gasteiger partial charge in [0, 0.05) is 32.0 Å². The Morgan fingerprint density at radius 1 is 1.14 bits per heavy atom. The van der Waals surface area contributed by atoms with Crippen LogP contribution >= 0.6 is 0 Å². The predicted molar refractivity (Wildman–Crippen MR) is 128 cm³/mol. The average Bonchev–Trinajstić information content (AvgIpc) is 3.54. The molecule has 0 unspecified atom stereocenters. The van der Waals surface area contributed by atoms with Gasteiger partial charge in [0.15, 0.2) is 5.78 Å². The molecule has 2 atom stereocenters. The molecule has 188 valence electrons. The van der Waals surface area contributed by atoms with Crippen molar-refractivity contribution in [3.8, 4) is 0 Å². The molecular weight excluding hydrogens is 450 g/mol. The Bertz CT molecular complexity index is 979. The lowest BCUT2D eigenvalue weighted by Crippen LogP contribution is -2.52. The van der Waals surface area contributed by atoms with Crippen LogP contribution in [0.3, 0.4) is 0 Å². The number of amides is 3. The lowest BCUT2D eigenvalue weighted by molar-refractivity contribution is -0.139. The number of imidazole rings is 1. The van der Waals surface area contributed by atoms with Gasteiger partial charge in [-0.2, -0.15) is 0 Å². The summed E-state index contributed by atoms with van der Waals surface area (Å²) in [5.74, 6) is -0.670. The van der Waals surface area contributed by atoms with Crippen molar-refractivity contribution in [1.82, 2.24) is 20.2 Å². The van der Waals surface area contributed by atoms with E-state index in [1.54, 1.807) is 11.1 Å². The highest BCUT2D eigenvalue weighted by Crippen LogP contribution is 2.22. The minimum absolute atomic E-state index is 0.0000913. The van der Waals surface area contributed by atoms with Gasteiger partial charge in [0.1, 0.15) is 12.6 Å². The number of benzene rings is 1. The van der Waals surface area contributed by atoms with Gasteiger partial charge in [-0.25, -0.2) is 9.78 Å². The number of aromatic nitrogens is 2. The molecule has 0 saturated carbocycles. The SMILES string of the molecule is NC(=O)CCCCCC(=O)[C@@H]1CCCN1C(=O)[C@H](Cc1c[nH]cn1)NC(=O)OCc1ccccc1. The number of carbonyl (C=O) groups excluding carboxylic acids is 4. The minimum Gasteiger partial charge on any atom is -0.445 e. The first kappa shape index (κ1) is 25.9. The second-order valence-electron chi connectivity index (χ2n) is 8.71. The molecule has 2 heterocycles. The summed E-state index contributed by atoms with van der Waals surface area (Å²) in [5, 5.41) is 2.67. The molecule has 4 N–H and O–H groups in total. The van der Waals surface area contributed by atoms with E-state index in [1.165, 1.54) is 6.33 Å². The van der Waals surface area contributed by atoms with Crippen molar-refractivity contribution in [2.45, 2.75) is 70.1 Å². The van der Waals surface area contributed by atoms with E-state index in [2.05, 4.69) is 15.3 Å². The van der Waals surface area contributed by atoms with Crippen LogP contribution in [-0.2, 0) is 32.1 Å². The summed E-state index contributed by atoms with van der Waals surface area (Å²) in [4.78, 5) is 58.3. The summed E-state index contributed by atoms with van der Waals surface area (Å²) in [7, 11) is 0. The Kier molecular flexibility index (Phi) is 9.82. The van der Waals surface area contributed by atoms with Crippen LogP contribution in [0.5, 0.6) is 0 Å². The minimum atomic E-state index is -0.912. The topological polar surface area (TPSA) is 147 Å². The van der Waals surface area contributed by atoms with Crippen molar-refractivity contribution in [2.24, 2.45) is 5.73 Å². The van der Waals surface area contributed by atoms with Gasteiger partial charge in [0.25, 0.3) is 0 Å². The number of rotatable bonds is 13. The Hall–Kier alpha value is -3.69. The number of Topliss-reactive ketones (excluding diaryl/α,β-unsaturated/α-hetero) is 1. The molecule has 3 rings (SSSR count). The Morgan fingerprint density at radius 2 is 1.91 bits per heavy atom. The van der Waals surface area contributed by atoms with Gasteiger partial charge in [-0.3, -0.25) is 14.4 Å². The number of aromatic amines is 1. The molecule has 10 heteroatoms. The molecule has 1 aliphatic heterocycles. The van der Waals surface area contributed by atoms with Gasteiger partial charge in [0.05, 0.1) is 18.1 Å². The third-order valence-corrected chi connectivity index (χ3v) is 6.02. The largest absolute Gasteiger partial charge is 0.445 e. The second kappa shape index (κ2) is 13.3. The van der Waals surface area contributed by atoms with E-state index >= 15 is 0 Å². The van der Waals surface area contributed by atoms with E-state index in [4.69, 9.17) is 10.5 Å². The van der Waals surface area contributed by atoms with E-state index in [9.17, 15) is 19.2 Å². The molecule has 0 radical (unpaired) electrons. The number of alkyl carbamates (subject to hydrolysis) is 1. The van der Waals surface area contributed by atoms with Crippen molar-refractivity contribution in [3.63, 3.8) is 0 Å². The number of likely N-dealkylation sites (tertiary alicyclic amines) is 1. The Morgan fingerprint density at radius 3 is 2.63 bits per heavy atom. The molecule has 1 aliphatic rings. The van der Waals surface area contributed by atoms with E-state index < -0.39 is 18.2 Å². The molecule has 1 aromatic heterocycles. The normalized spacial score (nSPS) is 16.0. The van der Waals surface area contributed by atoms with E-state index in [-0.39, 0.29) is 30.6 Å². The maximum absolute atomic E-state index is 13.5. The molecule has 1 saturated heterocycles. The zero-order valence-electron chi connectivity index (χ0n) is 19.8. The number of nitrogens with two attached hydrogens (primary N) is 1.